The van der Waals surface area contributed by atoms with E-state index in [0.717, 1.165) is 43.0 Å². The molecule has 0 atom stereocenters. The van der Waals surface area contributed by atoms with Gasteiger partial charge in [0.1, 0.15) is 5.82 Å². The van der Waals surface area contributed by atoms with Gasteiger partial charge >= 0.3 is 0 Å². The third-order valence-corrected chi connectivity index (χ3v) is 5.59. The number of sulfonamides is 1. The van der Waals surface area contributed by atoms with Gasteiger partial charge in [-0.05, 0) is 61.4 Å². The van der Waals surface area contributed by atoms with Crippen molar-refractivity contribution in [2.75, 3.05) is 29.9 Å². The summed E-state index contributed by atoms with van der Waals surface area (Å²) in [5, 5.41) is 2.65. The minimum absolute atomic E-state index is 0.0957. The molecule has 0 spiro atoms. The first-order valence-corrected chi connectivity index (χ1v) is 9.82. The molecule has 1 aliphatic rings. The lowest BCUT2D eigenvalue weighted by Crippen LogP contribution is -2.32. The van der Waals surface area contributed by atoms with E-state index in [4.69, 9.17) is 0 Å². The van der Waals surface area contributed by atoms with E-state index in [-0.39, 0.29) is 4.90 Å². The molecule has 0 radical (unpaired) electrons. The molecule has 26 heavy (non-hydrogen) atoms. The molecule has 1 fully saturated rings. The van der Waals surface area contributed by atoms with E-state index in [9.17, 15) is 17.6 Å². The van der Waals surface area contributed by atoms with Crippen LogP contribution in [-0.4, -0.2) is 34.0 Å². The number of carbonyl (C=O) groups is 1. The first-order chi connectivity index (χ1) is 12.4. The number of rotatable bonds is 6. The van der Waals surface area contributed by atoms with Crippen molar-refractivity contribution in [3.8, 4) is 0 Å². The zero-order valence-electron chi connectivity index (χ0n) is 14.1. The average molecular weight is 377 g/mol. The molecule has 0 unspecified atom stereocenters. The molecule has 1 saturated heterocycles. The lowest BCUT2D eigenvalue weighted by molar-refractivity contribution is -0.115. The zero-order chi connectivity index (χ0) is 18.6. The van der Waals surface area contributed by atoms with Gasteiger partial charge in [0, 0.05) is 24.5 Å². The minimum atomic E-state index is -3.87. The smallest absolute Gasteiger partial charge is 0.241 e. The second-order valence-corrected chi connectivity index (χ2v) is 7.83. The Morgan fingerprint density at radius 1 is 1.00 bits per heavy atom. The van der Waals surface area contributed by atoms with Crippen LogP contribution in [0, 0.1) is 5.82 Å². The Labute approximate surface area is 152 Å². The standard InChI is InChI=1S/C18H20FN3O3S/c19-14-3-9-17(10-4-14)26(24,25)20-13-18(23)21-15-5-7-16(8-6-15)22-11-1-2-12-22/h3-10,20H,1-2,11-13H2,(H,21,23). The van der Waals surface area contributed by atoms with Crippen LogP contribution < -0.4 is 14.9 Å². The third kappa shape index (κ3) is 4.59. The number of anilines is 2. The van der Waals surface area contributed by atoms with Crippen molar-refractivity contribution in [1.82, 2.24) is 4.72 Å². The highest BCUT2D eigenvalue weighted by Crippen LogP contribution is 2.22. The SMILES string of the molecule is O=C(CNS(=O)(=O)c1ccc(F)cc1)Nc1ccc(N2CCCC2)cc1. The lowest BCUT2D eigenvalue weighted by atomic mass is 10.2. The van der Waals surface area contributed by atoms with Gasteiger partial charge in [0.2, 0.25) is 15.9 Å². The van der Waals surface area contributed by atoms with E-state index in [0.29, 0.717) is 5.69 Å². The second kappa shape index (κ2) is 7.84. The highest BCUT2D eigenvalue weighted by atomic mass is 32.2. The van der Waals surface area contributed by atoms with Crippen molar-refractivity contribution in [3.63, 3.8) is 0 Å². The molecule has 2 aromatic rings. The van der Waals surface area contributed by atoms with Gasteiger partial charge in [0.15, 0.2) is 0 Å². The molecule has 1 aliphatic heterocycles. The summed E-state index contributed by atoms with van der Waals surface area (Å²) in [4.78, 5) is 14.2. The van der Waals surface area contributed by atoms with Crippen LogP contribution in [0.5, 0.6) is 0 Å². The Bertz CT molecular complexity index is 862. The topological polar surface area (TPSA) is 78.5 Å². The van der Waals surface area contributed by atoms with Crippen LogP contribution in [-0.2, 0) is 14.8 Å². The lowest BCUT2D eigenvalue weighted by Gasteiger charge is -2.17. The van der Waals surface area contributed by atoms with Crippen LogP contribution in [0.15, 0.2) is 53.4 Å². The van der Waals surface area contributed by atoms with Gasteiger partial charge in [-0.1, -0.05) is 0 Å². The molecule has 1 amide bonds. The maximum absolute atomic E-state index is 12.9. The largest absolute Gasteiger partial charge is 0.372 e. The van der Waals surface area contributed by atoms with Gasteiger partial charge in [-0.25, -0.2) is 17.5 Å². The number of nitrogens with zero attached hydrogens (tertiary/aromatic N) is 1. The molecule has 0 bridgehead atoms. The molecular weight excluding hydrogens is 357 g/mol. The van der Waals surface area contributed by atoms with E-state index in [2.05, 4.69) is 14.9 Å². The number of hydrogen-bond donors (Lipinski definition) is 2. The maximum atomic E-state index is 12.9. The van der Waals surface area contributed by atoms with Crippen molar-refractivity contribution in [2.24, 2.45) is 0 Å². The molecule has 8 heteroatoms. The first-order valence-electron chi connectivity index (χ1n) is 8.34. The number of halogens is 1. The number of nitrogens with one attached hydrogen (secondary N) is 2. The van der Waals surface area contributed by atoms with Gasteiger partial charge in [0.05, 0.1) is 11.4 Å². The maximum Gasteiger partial charge on any atom is 0.241 e. The molecule has 2 N–H and O–H groups in total. The number of amides is 1. The quantitative estimate of drug-likeness (QED) is 0.810. The van der Waals surface area contributed by atoms with E-state index in [1.54, 1.807) is 12.1 Å². The normalized spacial score (nSPS) is 14.4. The Hall–Kier alpha value is -2.45. The van der Waals surface area contributed by atoms with E-state index in [1.165, 1.54) is 12.8 Å². The summed E-state index contributed by atoms with van der Waals surface area (Å²) in [7, 11) is -3.87. The van der Waals surface area contributed by atoms with Crippen molar-refractivity contribution in [1.29, 1.82) is 0 Å². The monoisotopic (exact) mass is 377 g/mol. The van der Waals surface area contributed by atoms with Crippen molar-refractivity contribution < 1.29 is 17.6 Å². The summed E-state index contributed by atoms with van der Waals surface area (Å²) >= 11 is 0. The summed E-state index contributed by atoms with van der Waals surface area (Å²) in [5.41, 5.74) is 1.71. The molecule has 0 aromatic heterocycles. The van der Waals surface area contributed by atoms with Crippen LogP contribution in [0.3, 0.4) is 0 Å². The Morgan fingerprint density at radius 3 is 2.23 bits per heavy atom. The third-order valence-electron chi connectivity index (χ3n) is 4.17. The number of carbonyl (C=O) groups excluding carboxylic acids is 1. The Morgan fingerprint density at radius 2 is 1.62 bits per heavy atom. The van der Waals surface area contributed by atoms with Gasteiger partial charge in [0.25, 0.3) is 0 Å². The van der Waals surface area contributed by atoms with Crippen LogP contribution in [0.25, 0.3) is 0 Å². The van der Waals surface area contributed by atoms with Crippen LogP contribution >= 0.6 is 0 Å². The van der Waals surface area contributed by atoms with Crippen LogP contribution in [0.2, 0.25) is 0 Å². The summed E-state index contributed by atoms with van der Waals surface area (Å²) in [6.45, 7) is 1.67. The van der Waals surface area contributed by atoms with Gasteiger partial charge < -0.3 is 10.2 Å². The fraction of sp³-hybridized carbons (Fsp3) is 0.278. The first kappa shape index (κ1) is 18.3. The van der Waals surface area contributed by atoms with Gasteiger partial charge in [-0.2, -0.15) is 0 Å². The summed E-state index contributed by atoms with van der Waals surface area (Å²) < 4.78 is 39.2. The molecule has 1 heterocycles. The van der Waals surface area contributed by atoms with Crippen molar-refractivity contribution in [3.05, 3.63) is 54.3 Å². The molecular formula is C18H20FN3O3S. The van der Waals surface area contributed by atoms with Crippen LogP contribution in [0.1, 0.15) is 12.8 Å². The number of hydrogen-bond acceptors (Lipinski definition) is 4. The molecule has 2 aromatic carbocycles. The minimum Gasteiger partial charge on any atom is -0.372 e. The predicted octanol–water partition coefficient (Wildman–Crippen LogP) is 2.34. The Kier molecular flexibility index (Phi) is 5.53. The zero-order valence-corrected chi connectivity index (χ0v) is 14.9. The van der Waals surface area contributed by atoms with E-state index < -0.39 is 28.3 Å². The van der Waals surface area contributed by atoms with Gasteiger partial charge in [-0.15, -0.1) is 0 Å². The van der Waals surface area contributed by atoms with Gasteiger partial charge in [-0.3, -0.25) is 4.79 Å². The van der Waals surface area contributed by atoms with Crippen LogP contribution in [0.4, 0.5) is 15.8 Å². The highest BCUT2D eigenvalue weighted by Gasteiger charge is 2.16. The average Bonchev–Trinajstić information content (AvgIpc) is 3.16. The summed E-state index contributed by atoms with van der Waals surface area (Å²) in [6, 6.07) is 11.8. The highest BCUT2D eigenvalue weighted by molar-refractivity contribution is 7.89. The van der Waals surface area contributed by atoms with Crippen molar-refractivity contribution in [2.45, 2.75) is 17.7 Å². The second-order valence-electron chi connectivity index (χ2n) is 6.07. The molecule has 0 saturated carbocycles. The summed E-state index contributed by atoms with van der Waals surface area (Å²) in [5.74, 6) is -1.01. The number of benzene rings is 2. The fourth-order valence-corrected chi connectivity index (χ4v) is 3.78. The molecule has 138 valence electrons. The van der Waals surface area contributed by atoms with E-state index >= 15 is 0 Å². The van der Waals surface area contributed by atoms with E-state index in [1.807, 2.05) is 12.1 Å². The predicted molar refractivity (Wildman–Crippen MR) is 98.1 cm³/mol. The molecule has 6 nitrogen and oxygen atoms in total. The fourth-order valence-electron chi connectivity index (χ4n) is 2.79. The molecule has 0 aliphatic carbocycles. The van der Waals surface area contributed by atoms with Crippen molar-refractivity contribution >= 4 is 27.3 Å². The Balaban J connectivity index is 1.54. The molecule has 3 rings (SSSR count). The summed E-state index contributed by atoms with van der Waals surface area (Å²) in [6.07, 6.45) is 2.37.